The van der Waals surface area contributed by atoms with Gasteiger partial charge in [-0.05, 0) is 37.1 Å². The zero-order chi connectivity index (χ0) is 12.4. The van der Waals surface area contributed by atoms with Crippen LogP contribution in [0.15, 0.2) is 36.4 Å². The largest absolute Gasteiger partial charge is 0.326 e. The smallest absolute Gasteiger partial charge is 0.131 e. The lowest BCUT2D eigenvalue weighted by atomic mass is 9.96. The molecule has 2 heteroatoms. The molecule has 0 unspecified atom stereocenters. The van der Waals surface area contributed by atoms with Crippen LogP contribution in [0.25, 0.3) is 11.1 Å². The van der Waals surface area contributed by atoms with Crippen molar-refractivity contribution in [2.24, 2.45) is 5.73 Å². The summed E-state index contributed by atoms with van der Waals surface area (Å²) in [6, 6.07) is 11.1. The third-order valence-corrected chi connectivity index (χ3v) is 2.90. The van der Waals surface area contributed by atoms with E-state index in [2.05, 4.69) is 0 Å². The van der Waals surface area contributed by atoms with E-state index in [1.54, 1.807) is 6.07 Å². The predicted molar refractivity (Wildman–Crippen MR) is 69.2 cm³/mol. The lowest BCUT2D eigenvalue weighted by Crippen LogP contribution is -2.00. The van der Waals surface area contributed by atoms with Crippen LogP contribution in [0.2, 0.25) is 0 Å². The van der Waals surface area contributed by atoms with Gasteiger partial charge in [0.2, 0.25) is 0 Å². The number of halogens is 1. The molecule has 0 aliphatic carbocycles. The zero-order valence-electron chi connectivity index (χ0n) is 10.1. The number of nitrogens with two attached hydrogens (primary N) is 1. The molecule has 0 atom stereocenters. The molecule has 0 saturated heterocycles. The average molecular weight is 229 g/mol. The molecular weight excluding hydrogens is 213 g/mol. The fraction of sp³-hybridized carbons (Fsp3) is 0.200. The molecule has 0 heterocycles. The first kappa shape index (κ1) is 11.8. The quantitative estimate of drug-likeness (QED) is 0.837. The van der Waals surface area contributed by atoms with Crippen molar-refractivity contribution in [3.63, 3.8) is 0 Å². The average Bonchev–Trinajstić information content (AvgIpc) is 2.32. The summed E-state index contributed by atoms with van der Waals surface area (Å²) in [6.45, 7) is 4.38. The maximum atomic E-state index is 13.9. The summed E-state index contributed by atoms with van der Waals surface area (Å²) in [4.78, 5) is 0. The molecule has 0 saturated carbocycles. The van der Waals surface area contributed by atoms with Crippen LogP contribution >= 0.6 is 0 Å². The highest BCUT2D eigenvalue weighted by Gasteiger charge is 2.09. The number of rotatable bonds is 2. The standard InChI is InChI=1S/C15H16FN/c1-10-3-5-12(9-17)13(7-10)14-8-11(2)4-6-15(14)16/h3-8H,9,17H2,1-2H3. The van der Waals surface area contributed by atoms with Crippen molar-refractivity contribution in [2.75, 3.05) is 0 Å². The van der Waals surface area contributed by atoms with Crippen LogP contribution in [0.4, 0.5) is 4.39 Å². The summed E-state index contributed by atoms with van der Waals surface area (Å²) >= 11 is 0. The minimum absolute atomic E-state index is 0.198. The SMILES string of the molecule is Cc1ccc(F)c(-c2cc(C)ccc2CN)c1. The van der Waals surface area contributed by atoms with Crippen molar-refractivity contribution < 1.29 is 4.39 Å². The van der Waals surface area contributed by atoms with E-state index in [0.717, 1.165) is 22.3 Å². The summed E-state index contributed by atoms with van der Waals surface area (Å²) < 4.78 is 13.9. The van der Waals surface area contributed by atoms with Gasteiger partial charge in [-0.3, -0.25) is 0 Å². The minimum Gasteiger partial charge on any atom is -0.326 e. The highest BCUT2D eigenvalue weighted by Crippen LogP contribution is 2.28. The molecule has 1 nitrogen and oxygen atoms in total. The summed E-state index contributed by atoms with van der Waals surface area (Å²) in [5.41, 5.74) is 10.4. The van der Waals surface area contributed by atoms with E-state index >= 15 is 0 Å². The van der Waals surface area contributed by atoms with Gasteiger partial charge in [0.05, 0.1) is 0 Å². The van der Waals surface area contributed by atoms with Crippen LogP contribution in [0.1, 0.15) is 16.7 Å². The van der Waals surface area contributed by atoms with Crippen molar-refractivity contribution in [1.29, 1.82) is 0 Å². The molecular formula is C15H16FN. The van der Waals surface area contributed by atoms with E-state index in [0.29, 0.717) is 12.1 Å². The van der Waals surface area contributed by atoms with Gasteiger partial charge in [0.15, 0.2) is 0 Å². The normalized spacial score (nSPS) is 10.6. The van der Waals surface area contributed by atoms with Gasteiger partial charge in [0, 0.05) is 12.1 Å². The van der Waals surface area contributed by atoms with Gasteiger partial charge in [-0.15, -0.1) is 0 Å². The fourth-order valence-corrected chi connectivity index (χ4v) is 1.96. The van der Waals surface area contributed by atoms with E-state index < -0.39 is 0 Å². The highest BCUT2D eigenvalue weighted by molar-refractivity contribution is 5.69. The molecule has 0 aromatic heterocycles. The summed E-state index contributed by atoms with van der Waals surface area (Å²) in [5.74, 6) is -0.198. The first-order valence-electron chi connectivity index (χ1n) is 5.68. The fourth-order valence-electron chi connectivity index (χ4n) is 1.96. The van der Waals surface area contributed by atoms with Crippen LogP contribution in [0.5, 0.6) is 0 Å². The Kier molecular flexibility index (Phi) is 3.25. The van der Waals surface area contributed by atoms with Crippen LogP contribution in [-0.2, 0) is 6.54 Å². The van der Waals surface area contributed by atoms with Crippen LogP contribution < -0.4 is 5.73 Å². The van der Waals surface area contributed by atoms with Gasteiger partial charge < -0.3 is 5.73 Å². The third-order valence-electron chi connectivity index (χ3n) is 2.90. The second-order valence-corrected chi connectivity index (χ2v) is 4.35. The summed E-state index contributed by atoms with van der Waals surface area (Å²) in [6.07, 6.45) is 0. The molecule has 2 N–H and O–H groups in total. The Morgan fingerprint density at radius 3 is 2.18 bits per heavy atom. The monoisotopic (exact) mass is 229 g/mol. The molecule has 0 aliphatic rings. The molecule has 2 aromatic rings. The second kappa shape index (κ2) is 4.68. The van der Waals surface area contributed by atoms with E-state index in [9.17, 15) is 4.39 Å². The Bertz CT molecular complexity index is 547. The molecule has 0 radical (unpaired) electrons. The minimum atomic E-state index is -0.198. The van der Waals surface area contributed by atoms with Crippen molar-refractivity contribution in [2.45, 2.75) is 20.4 Å². The number of hydrogen-bond acceptors (Lipinski definition) is 1. The van der Waals surface area contributed by atoms with Crippen molar-refractivity contribution in [1.82, 2.24) is 0 Å². The summed E-state index contributed by atoms with van der Waals surface area (Å²) in [5, 5.41) is 0. The van der Waals surface area contributed by atoms with Crippen LogP contribution in [0, 0.1) is 19.7 Å². The van der Waals surface area contributed by atoms with Gasteiger partial charge in [0.1, 0.15) is 5.82 Å². The zero-order valence-corrected chi connectivity index (χ0v) is 10.1. The van der Waals surface area contributed by atoms with Gasteiger partial charge in [-0.1, -0.05) is 35.4 Å². The Morgan fingerprint density at radius 2 is 1.53 bits per heavy atom. The maximum absolute atomic E-state index is 13.9. The van der Waals surface area contributed by atoms with Gasteiger partial charge in [-0.25, -0.2) is 4.39 Å². The topological polar surface area (TPSA) is 26.0 Å². The van der Waals surface area contributed by atoms with Gasteiger partial charge in [0.25, 0.3) is 0 Å². The Hall–Kier alpha value is -1.67. The molecule has 0 aliphatic heterocycles. The molecule has 0 bridgehead atoms. The van der Waals surface area contributed by atoms with Crippen molar-refractivity contribution in [3.05, 3.63) is 58.9 Å². The molecule has 0 fully saturated rings. The lowest BCUT2D eigenvalue weighted by molar-refractivity contribution is 0.630. The van der Waals surface area contributed by atoms with Crippen LogP contribution in [0.3, 0.4) is 0 Å². The van der Waals surface area contributed by atoms with E-state index in [-0.39, 0.29) is 5.82 Å². The van der Waals surface area contributed by atoms with E-state index in [1.165, 1.54) is 6.07 Å². The maximum Gasteiger partial charge on any atom is 0.131 e. The lowest BCUT2D eigenvalue weighted by Gasteiger charge is -2.11. The van der Waals surface area contributed by atoms with Crippen LogP contribution in [-0.4, -0.2) is 0 Å². The third kappa shape index (κ3) is 2.37. The molecule has 2 rings (SSSR count). The highest BCUT2D eigenvalue weighted by atomic mass is 19.1. The molecule has 88 valence electrons. The van der Waals surface area contributed by atoms with Gasteiger partial charge >= 0.3 is 0 Å². The molecule has 0 spiro atoms. The second-order valence-electron chi connectivity index (χ2n) is 4.35. The van der Waals surface area contributed by atoms with Crippen molar-refractivity contribution in [3.8, 4) is 11.1 Å². The number of aryl methyl sites for hydroxylation is 2. The molecule has 17 heavy (non-hydrogen) atoms. The van der Waals surface area contributed by atoms with E-state index in [1.807, 2.05) is 38.1 Å². The van der Waals surface area contributed by atoms with Gasteiger partial charge in [-0.2, -0.15) is 0 Å². The summed E-state index contributed by atoms with van der Waals surface area (Å²) in [7, 11) is 0. The Balaban J connectivity index is 2.66. The first-order chi connectivity index (χ1) is 8.11. The Morgan fingerprint density at radius 1 is 0.941 bits per heavy atom. The Labute approximate surface area is 101 Å². The molecule has 2 aromatic carbocycles. The first-order valence-corrected chi connectivity index (χ1v) is 5.68. The number of hydrogen-bond donors (Lipinski definition) is 1. The number of benzene rings is 2. The van der Waals surface area contributed by atoms with E-state index in [4.69, 9.17) is 5.73 Å². The van der Waals surface area contributed by atoms with Crippen molar-refractivity contribution >= 4 is 0 Å². The predicted octanol–water partition coefficient (Wildman–Crippen LogP) is 3.57. The molecule has 0 amide bonds.